The Morgan fingerprint density at radius 3 is 2.70 bits per heavy atom. The van der Waals surface area contributed by atoms with Crippen LogP contribution >= 0.6 is 0 Å². The summed E-state index contributed by atoms with van der Waals surface area (Å²) in [7, 11) is 1.67. The number of nitrogens with one attached hydrogen (secondary N) is 2. The van der Waals surface area contributed by atoms with E-state index in [0.29, 0.717) is 17.9 Å². The van der Waals surface area contributed by atoms with Crippen molar-refractivity contribution in [3.05, 3.63) is 54.1 Å². The van der Waals surface area contributed by atoms with E-state index >= 15 is 0 Å². The third-order valence-corrected chi connectivity index (χ3v) is 2.80. The average molecular weight is 272 g/mol. The summed E-state index contributed by atoms with van der Waals surface area (Å²) >= 11 is 0. The SMILES string of the molecule is CN(Cc1ncc[nH]1)C(=O)CNC(=O)c1ccccc1. The number of H-pyrrole nitrogens is 1. The largest absolute Gasteiger partial charge is 0.347 e. The van der Waals surface area contributed by atoms with Crippen molar-refractivity contribution < 1.29 is 9.59 Å². The Morgan fingerprint density at radius 2 is 2.05 bits per heavy atom. The minimum atomic E-state index is -0.259. The highest BCUT2D eigenvalue weighted by atomic mass is 16.2. The lowest BCUT2D eigenvalue weighted by atomic mass is 10.2. The Kier molecular flexibility index (Phi) is 4.49. The van der Waals surface area contributed by atoms with E-state index in [1.165, 1.54) is 4.90 Å². The number of benzene rings is 1. The highest BCUT2D eigenvalue weighted by Gasteiger charge is 2.12. The summed E-state index contributed by atoms with van der Waals surface area (Å²) in [6.45, 7) is 0.345. The van der Waals surface area contributed by atoms with Crippen molar-refractivity contribution >= 4 is 11.8 Å². The molecule has 1 heterocycles. The number of hydrogen-bond donors (Lipinski definition) is 2. The maximum Gasteiger partial charge on any atom is 0.251 e. The molecule has 2 aromatic rings. The van der Waals surface area contributed by atoms with Gasteiger partial charge in [0.25, 0.3) is 5.91 Å². The molecule has 1 aromatic carbocycles. The fourth-order valence-electron chi connectivity index (χ4n) is 1.68. The van der Waals surface area contributed by atoms with Crippen LogP contribution in [0.4, 0.5) is 0 Å². The molecule has 0 aliphatic carbocycles. The molecule has 104 valence electrons. The Labute approximate surface area is 116 Å². The molecule has 0 aliphatic heterocycles. The van der Waals surface area contributed by atoms with Gasteiger partial charge in [0.2, 0.25) is 5.91 Å². The molecule has 0 unspecified atom stereocenters. The first-order valence-electron chi connectivity index (χ1n) is 6.22. The van der Waals surface area contributed by atoms with E-state index in [1.54, 1.807) is 43.7 Å². The van der Waals surface area contributed by atoms with Crippen LogP contribution in [0.25, 0.3) is 0 Å². The Balaban J connectivity index is 1.81. The number of likely N-dealkylation sites (N-methyl/N-ethyl adjacent to an activating group) is 1. The first-order valence-corrected chi connectivity index (χ1v) is 6.22. The van der Waals surface area contributed by atoms with E-state index in [-0.39, 0.29) is 18.4 Å². The molecule has 2 N–H and O–H groups in total. The molecule has 0 radical (unpaired) electrons. The fraction of sp³-hybridized carbons (Fsp3) is 0.214. The van der Waals surface area contributed by atoms with Crippen molar-refractivity contribution in [3.8, 4) is 0 Å². The summed E-state index contributed by atoms with van der Waals surface area (Å²) in [6.07, 6.45) is 3.33. The van der Waals surface area contributed by atoms with E-state index in [0.717, 1.165) is 0 Å². The van der Waals surface area contributed by atoms with Crippen LogP contribution in [0.3, 0.4) is 0 Å². The van der Waals surface area contributed by atoms with Gasteiger partial charge in [0.1, 0.15) is 5.82 Å². The number of aromatic nitrogens is 2. The summed E-state index contributed by atoms with van der Waals surface area (Å²) < 4.78 is 0. The standard InChI is InChI=1S/C14H16N4O2/c1-18(10-12-15-7-8-16-12)13(19)9-17-14(20)11-5-3-2-4-6-11/h2-8H,9-10H2,1H3,(H,15,16)(H,17,20). The molecule has 2 amide bonds. The summed E-state index contributed by atoms with van der Waals surface area (Å²) in [6, 6.07) is 8.79. The third kappa shape index (κ3) is 3.68. The normalized spacial score (nSPS) is 10.1. The number of aromatic amines is 1. The van der Waals surface area contributed by atoms with Gasteiger partial charge in [-0.1, -0.05) is 18.2 Å². The number of nitrogens with zero attached hydrogens (tertiary/aromatic N) is 2. The van der Waals surface area contributed by atoms with Crippen molar-refractivity contribution in [1.82, 2.24) is 20.2 Å². The lowest BCUT2D eigenvalue weighted by Gasteiger charge is -2.16. The molecule has 20 heavy (non-hydrogen) atoms. The van der Waals surface area contributed by atoms with Crippen LogP contribution in [0.2, 0.25) is 0 Å². The second-order valence-electron chi connectivity index (χ2n) is 4.33. The van der Waals surface area contributed by atoms with Gasteiger partial charge in [0, 0.05) is 25.0 Å². The van der Waals surface area contributed by atoms with Crippen LogP contribution in [-0.4, -0.2) is 40.3 Å². The number of imidazole rings is 1. The van der Waals surface area contributed by atoms with Crippen LogP contribution in [0.15, 0.2) is 42.7 Å². The summed E-state index contributed by atoms with van der Waals surface area (Å²) in [5.41, 5.74) is 0.536. The zero-order chi connectivity index (χ0) is 14.4. The number of rotatable bonds is 5. The van der Waals surface area contributed by atoms with Crippen LogP contribution in [0.5, 0.6) is 0 Å². The van der Waals surface area contributed by atoms with Crippen LogP contribution in [-0.2, 0) is 11.3 Å². The number of carbonyl (C=O) groups is 2. The average Bonchev–Trinajstić information content (AvgIpc) is 2.98. The minimum Gasteiger partial charge on any atom is -0.347 e. The molecular weight excluding hydrogens is 256 g/mol. The number of amides is 2. The lowest BCUT2D eigenvalue weighted by Crippen LogP contribution is -2.38. The smallest absolute Gasteiger partial charge is 0.251 e. The molecule has 0 saturated heterocycles. The zero-order valence-electron chi connectivity index (χ0n) is 11.2. The topological polar surface area (TPSA) is 78.1 Å². The predicted octanol–water partition coefficient (Wildman–Crippen LogP) is 0.798. The van der Waals surface area contributed by atoms with Gasteiger partial charge in [-0.2, -0.15) is 0 Å². The molecule has 6 nitrogen and oxygen atoms in total. The van der Waals surface area contributed by atoms with Gasteiger partial charge in [0.15, 0.2) is 0 Å². The van der Waals surface area contributed by atoms with Gasteiger partial charge in [0.05, 0.1) is 13.1 Å². The Morgan fingerprint density at radius 1 is 1.30 bits per heavy atom. The molecule has 0 saturated carbocycles. The van der Waals surface area contributed by atoms with E-state index < -0.39 is 0 Å². The Bertz CT molecular complexity index is 566. The van der Waals surface area contributed by atoms with Crippen molar-refractivity contribution in [2.75, 3.05) is 13.6 Å². The summed E-state index contributed by atoms with van der Waals surface area (Å²) in [5.74, 6) is 0.270. The molecule has 0 atom stereocenters. The fourth-order valence-corrected chi connectivity index (χ4v) is 1.68. The number of carbonyl (C=O) groups excluding carboxylic acids is 2. The molecule has 0 aliphatic rings. The van der Waals surface area contributed by atoms with E-state index in [9.17, 15) is 9.59 Å². The minimum absolute atomic E-state index is 0.0368. The van der Waals surface area contributed by atoms with Crippen molar-refractivity contribution in [3.63, 3.8) is 0 Å². The quantitative estimate of drug-likeness (QED) is 0.845. The highest BCUT2D eigenvalue weighted by molar-refractivity contribution is 5.96. The van der Waals surface area contributed by atoms with Crippen LogP contribution < -0.4 is 5.32 Å². The van der Waals surface area contributed by atoms with Gasteiger partial charge in [-0.05, 0) is 12.1 Å². The third-order valence-electron chi connectivity index (χ3n) is 2.80. The second-order valence-corrected chi connectivity index (χ2v) is 4.33. The monoisotopic (exact) mass is 272 g/mol. The molecule has 0 bridgehead atoms. The highest BCUT2D eigenvalue weighted by Crippen LogP contribution is 1.99. The molecule has 1 aromatic heterocycles. The first kappa shape index (κ1) is 13.8. The lowest BCUT2D eigenvalue weighted by molar-refractivity contribution is -0.129. The second kappa shape index (κ2) is 6.51. The first-order chi connectivity index (χ1) is 9.66. The van der Waals surface area contributed by atoms with Gasteiger partial charge < -0.3 is 15.2 Å². The molecule has 0 fully saturated rings. The predicted molar refractivity (Wildman–Crippen MR) is 73.8 cm³/mol. The maximum atomic E-state index is 11.9. The van der Waals surface area contributed by atoms with Gasteiger partial charge in [-0.15, -0.1) is 0 Å². The molecule has 6 heteroatoms. The summed E-state index contributed by atoms with van der Waals surface area (Å²) in [5, 5.41) is 2.60. The summed E-state index contributed by atoms with van der Waals surface area (Å²) in [4.78, 5) is 32.1. The van der Waals surface area contributed by atoms with Gasteiger partial charge in [-0.25, -0.2) is 4.98 Å². The van der Waals surface area contributed by atoms with Crippen molar-refractivity contribution in [2.45, 2.75) is 6.54 Å². The zero-order valence-corrected chi connectivity index (χ0v) is 11.2. The van der Waals surface area contributed by atoms with Gasteiger partial charge >= 0.3 is 0 Å². The van der Waals surface area contributed by atoms with E-state index in [1.807, 2.05) is 6.07 Å². The van der Waals surface area contributed by atoms with E-state index in [2.05, 4.69) is 15.3 Å². The Hall–Kier alpha value is -2.63. The number of hydrogen-bond acceptors (Lipinski definition) is 3. The van der Waals surface area contributed by atoms with Crippen LogP contribution in [0.1, 0.15) is 16.2 Å². The van der Waals surface area contributed by atoms with E-state index in [4.69, 9.17) is 0 Å². The molecule has 2 rings (SSSR count). The molecular formula is C14H16N4O2. The van der Waals surface area contributed by atoms with Gasteiger partial charge in [-0.3, -0.25) is 9.59 Å². The van der Waals surface area contributed by atoms with Crippen molar-refractivity contribution in [1.29, 1.82) is 0 Å². The van der Waals surface area contributed by atoms with Crippen molar-refractivity contribution in [2.24, 2.45) is 0 Å². The van der Waals surface area contributed by atoms with Crippen LogP contribution in [0, 0.1) is 0 Å². The maximum absolute atomic E-state index is 11.9. The molecule has 0 spiro atoms.